The molecule has 3 aromatic carbocycles. The van der Waals surface area contributed by atoms with Gasteiger partial charge in [-0.15, -0.1) is 0 Å². The summed E-state index contributed by atoms with van der Waals surface area (Å²) in [5, 5.41) is 3.09. The van der Waals surface area contributed by atoms with E-state index in [9.17, 15) is 18.0 Å². The summed E-state index contributed by atoms with van der Waals surface area (Å²) in [7, 11) is -4.04. The Bertz CT molecular complexity index is 2000. The molecule has 5 aromatic rings. The Morgan fingerprint density at radius 1 is 0.957 bits per heavy atom. The molecule has 0 unspecified atom stereocenters. The van der Waals surface area contributed by atoms with Crippen molar-refractivity contribution >= 4 is 33.1 Å². The minimum atomic E-state index is -4.04. The maximum atomic E-state index is 13.7. The molecule has 0 radical (unpaired) electrons. The molecule has 2 heterocycles. The second kappa shape index (κ2) is 12.1. The van der Waals surface area contributed by atoms with Crippen LogP contribution < -0.4 is 5.32 Å². The topological polar surface area (TPSA) is 129 Å². The Labute approximate surface area is 267 Å². The minimum absolute atomic E-state index is 0.0584. The summed E-state index contributed by atoms with van der Waals surface area (Å²) in [4.78, 5) is 35.1. The van der Waals surface area contributed by atoms with Gasteiger partial charge in [0.25, 0.3) is 10.0 Å². The number of carbonyl (C=O) groups is 2. The molecule has 0 saturated heterocycles. The number of rotatable bonds is 8. The number of amides is 1. The third kappa shape index (κ3) is 6.10. The molecule has 0 spiro atoms. The summed E-state index contributed by atoms with van der Waals surface area (Å²) in [6.45, 7) is 7.10. The Balaban J connectivity index is 1.27. The first-order valence-electron chi connectivity index (χ1n) is 14.9. The normalized spacial score (nSPS) is 13.6. The van der Waals surface area contributed by atoms with E-state index >= 15 is 0 Å². The van der Waals surface area contributed by atoms with Crippen LogP contribution >= 0.6 is 0 Å². The number of aryl methyl sites for hydroxylation is 1. The first-order chi connectivity index (χ1) is 21.9. The average molecular weight is 639 g/mol. The zero-order valence-corrected chi connectivity index (χ0v) is 26.7. The lowest BCUT2D eigenvalue weighted by atomic mass is 9.98. The fourth-order valence-corrected chi connectivity index (χ4v) is 7.08. The van der Waals surface area contributed by atoms with Gasteiger partial charge in [-0.2, -0.15) is 0 Å². The second-order valence-corrected chi connectivity index (χ2v) is 14.1. The van der Waals surface area contributed by atoms with Crippen molar-refractivity contribution in [3.05, 3.63) is 114 Å². The number of fused-ring (bicyclic) bond motifs is 4. The lowest BCUT2D eigenvalue weighted by Gasteiger charge is -2.24. The molecule has 10 nitrogen and oxygen atoms in total. The van der Waals surface area contributed by atoms with Crippen LogP contribution in [0.4, 0.5) is 4.79 Å². The van der Waals surface area contributed by atoms with E-state index in [0.717, 1.165) is 31.8 Å². The predicted octanol–water partition coefficient (Wildman–Crippen LogP) is 5.77. The smallest absolute Gasteiger partial charge is 0.407 e. The molecule has 1 amide bonds. The van der Waals surface area contributed by atoms with Crippen molar-refractivity contribution in [3.8, 4) is 11.1 Å². The van der Waals surface area contributed by atoms with Gasteiger partial charge in [-0.1, -0.05) is 66.2 Å². The van der Waals surface area contributed by atoms with Gasteiger partial charge in [0.05, 0.1) is 4.90 Å². The van der Waals surface area contributed by atoms with Crippen LogP contribution in [-0.4, -0.2) is 52.7 Å². The van der Waals surface area contributed by atoms with E-state index in [2.05, 4.69) is 15.3 Å². The van der Waals surface area contributed by atoms with Crippen LogP contribution in [0.1, 0.15) is 48.9 Å². The van der Waals surface area contributed by atoms with Crippen molar-refractivity contribution in [3.63, 3.8) is 0 Å². The summed E-state index contributed by atoms with van der Waals surface area (Å²) in [5.41, 5.74) is 4.96. The zero-order chi connectivity index (χ0) is 32.6. The number of aromatic nitrogens is 3. The summed E-state index contributed by atoms with van der Waals surface area (Å²) >= 11 is 0. The van der Waals surface area contributed by atoms with Crippen molar-refractivity contribution in [2.24, 2.45) is 0 Å². The van der Waals surface area contributed by atoms with Gasteiger partial charge in [-0.25, -0.2) is 31.9 Å². The third-order valence-electron chi connectivity index (χ3n) is 7.85. The molecule has 0 fully saturated rings. The Morgan fingerprint density at radius 3 is 2.22 bits per heavy atom. The van der Waals surface area contributed by atoms with Crippen LogP contribution in [0.25, 0.3) is 22.2 Å². The van der Waals surface area contributed by atoms with E-state index in [1.165, 1.54) is 30.9 Å². The van der Waals surface area contributed by atoms with E-state index in [1.807, 2.05) is 55.5 Å². The first kappa shape index (κ1) is 31.0. The molecule has 1 N–H and O–H groups in total. The van der Waals surface area contributed by atoms with Gasteiger partial charge in [0.2, 0.25) is 0 Å². The van der Waals surface area contributed by atoms with Crippen molar-refractivity contribution in [1.29, 1.82) is 0 Å². The lowest BCUT2D eigenvalue weighted by molar-refractivity contribution is -0.157. The molecule has 1 aliphatic rings. The van der Waals surface area contributed by atoms with Gasteiger partial charge in [0.1, 0.15) is 24.6 Å². The largest absolute Gasteiger partial charge is 0.458 e. The van der Waals surface area contributed by atoms with E-state index < -0.39 is 33.7 Å². The highest BCUT2D eigenvalue weighted by atomic mass is 32.2. The van der Waals surface area contributed by atoms with Crippen molar-refractivity contribution in [2.45, 2.75) is 56.6 Å². The van der Waals surface area contributed by atoms with E-state index in [-0.39, 0.29) is 29.5 Å². The maximum absolute atomic E-state index is 13.7. The summed E-state index contributed by atoms with van der Waals surface area (Å²) in [5.74, 6) is -0.861. The molecular weight excluding hydrogens is 604 g/mol. The monoisotopic (exact) mass is 638 g/mol. The summed E-state index contributed by atoms with van der Waals surface area (Å²) < 4.78 is 39.8. The van der Waals surface area contributed by atoms with Crippen molar-refractivity contribution < 1.29 is 27.5 Å². The number of hydrogen-bond acceptors (Lipinski definition) is 8. The zero-order valence-electron chi connectivity index (χ0n) is 25.9. The lowest BCUT2D eigenvalue weighted by Crippen LogP contribution is -2.46. The second-order valence-electron chi connectivity index (χ2n) is 12.3. The van der Waals surface area contributed by atoms with Gasteiger partial charge >= 0.3 is 12.1 Å². The van der Waals surface area contributed by atoms with Gasteiger partial charge in [-0.3, -0.25) is 0 Å². The Morgan fingerprint density at radius 2 is 1.59 bits per heavy atom. The molecule has 0 saturated carbocycles. The van der Waals surface area contributed by atoms with Crippen LogP contribution in [0.3, 0.4) is 0 Å². The van der Waals surface area contributed by atoms with Crippen LogP contribution in [-0.2, 0) is 30.7 Å². The molecule has 11 heteroatoms. The maximum Gasteiger partial charge on any atom is 0.407 e. The number of alkyl carbamates (subject to hydrolysis) is 1. The van der Waals surface area contributed by atoms with Crippen LogP contribution in [0.15, 0.2) is 96.4 Å². The van der Waals surface area contributed by atoms with Crippen LogP contribution in [0, 0.1) is 6.92 Å². The standard InChI is InChI=1S/C35H34N4O6S/c1-22-13-15-24(16-14-22)46(42,43)39-19-23(29-18-36-21-37-32(29)39)17-31(33(40)45-35(2,3)4)38-34(41)44-20-30-27-11-7-5-9-25(27)26-10-6-8-12-28(26)30/h5-16,18-19,21,30-31H,17,20H2,1-4H3,(H,38,41)/t31-/m0/s1. The van der Waals surface area contributed by atoms with E-state index in [4.69, 9.17) is 9.47 Å². The number of hydrogen-bond donors (Lipinski definition) is 1. The number of nitrogens with one attached hydrogen (secondary N) is 1. The van der Waals surface area contributed by atoms with Crippen molar-refractivity contribution in [2.75, 3.05) is 6.61 Å². The molecule has 236 valence electrons. The van der Waals surface area contributed by atoms with Crippen molar-refractivity contribution in [1.82, 2.24) is 19.3 Å². The summed E-state index contributed by atoms with van der Waals surface area (Å²) in [6, 6.07) is 21.3. The Kier molecular flexibility index (Phi) is 8.11. The highest BCUT2D eigenvalue weighted by Gasteiger charge is 2.32. The molecule has 1 atom stereocenters. The third-order valence-corrected chi connectivity index (χ3v) is 9.51. The molecule has 46 heavy (non-hydrogen) atoms. The molecule has 0 aliphatic heterocycles. The molecule has 1 aliphatic carbocycles. The SMILES string of the molecule is Cc1ccc(S(=O)(=O)n2cc(C[C@H](NC(=O)OCC3c4ccccc4-c4ccccc43)C(=O)OC(C)(C)C)c3cncnc32)cc1. The van der Waals surface area contributed by atoms with Gasteiger partial charge in [0, 0.05) is 30.1 Å². The molecular formula is C35H34N4O6S. The van der Waals surface area contributed by atoms with Gasteiger partial charge < -0.3 is 14.8 Å². The number of nitrogens with zero attached hydrogens (tertiary/aromatic N) is 3. The first-order valence-corrected chi connectivity index (χ1v) is 16.3. The van der Waals surface area contributed by atoms with E-state index in [0.29, 0.717) is 10.9 Å². The minimum Gasteiger partial charge on any atom is -0.458 e. The Hall–Kier alpha value is -5.03. The number of carbonyl (C=O) groups excluding carboxylic acids is 2. The van der Waals surface area contributed by atoms with Gasteiger partial charge in [-0.05, 0) is 67.6 Å². The molecule has 2 aromatic heterocycles. The number of esters is 1. The molecule has 6 rings (SSSR count). The molecule has 0 bridgehead atoms. The number of benzene rings is 3. The highest BCUT2D eigenvalue weighted by Crippen LogP contribution is 2.44. The quantitative estimate of drug-likeness (QED) is 0.212. The van der Waals surface area contributed by atoms with Crippen LogP contribution in [0.2, 0.25) is 0 Å². The predicted molar refractivity (Wildman–Crippen MR) is 173 cm³/mol. The summed E-state index contributed by atoms with van der Waals surface area (Å²) in [6.07, 6.45) is 3.25. The van der Waals surface area contributed by atoms with Gasteiger partial charge in [0.15, 0.2) is 5.65 Å². The number of ether oxygens (including phenoxy) is 2. The fourth-order valence-electron chi connectivity index (χ4n) is 5.74. The fraction of sp³-hybridized carbons (Fsp3) is 0.257. The average Bonchev–Trinajstić information content (AvgIpc) is 3.55. The van der Waals surface area contributed by atoms with E-state index in [1.54, 1.807) is 32.9 Å². The van der Waals surface area contributed by atoms with Crippen LogP contribution in [0.5, 0.6) is 0 Å². The highest BCUT2D eigenvalue weighted by molar-refractivity contribution is 7.90.